The van der Waals surface area contributed by atoms with Gasteiger partial charge in [-0.1, -0.05) is 97.5 Å². The number of aliphatic hydroxyl groups is 2. The zero-order chi connectivity index (χ0) is 42.6. The molecule has 60 heavy (non-hydrogen) atoms. The van der Waals surface area contributed by atoms with E-state index in [1.807, 2.05) is 30.3 Å². The first-order valence-corrected chi connectivity index (χ1v) is 20.8. The molecule has 3 heterocycles. The summed E-state index contributed by atoms with van der Waals surface area (Å²) in [5.41, 5.74) is 2.22. The van der Waals surface area contributed by atoms with E-state index in [-0.39, 0.29) is 18.1 Å². The lowest BCUT2D eigenvalue weighted by molar-refractivity contribution is -0.609. The molecule has 6 N–H and O–H groups in total. The summed E-state index contributed by atoms with van der Waals surface area (Å²) in [5, 5.41) is 26.4. The minimum Gasteiger partial charge on any atom is -0.497 e. The van der Waals surface area contributed by atoms with Crippen molar-refractivity contribution < 1.29 is 47.9 Å². The van der Waals surface area contributed by atoms with Crippen molar-refractivity contribution in [3.63, 3.8) is 0 Å². The van der Waals surface area contributed by atoms with Crippen molar-refractivity contribution >= 4 is 20.3 Å². The highest BCUT2D eigenvalue weighted by Crippen LogP contribution is 2.53. The number of hydrogen-bond donors (Lipinski definition) is 5. The van der Waals surface area contributed by atoms with Crippen molar-refractivity contribution in [2.75, 3.05) is 20.8 Å². The first-order chi connectivity index (χ1) is 29.0. The van der Waals surface area contributed by atoms with Gasteiger partial charge in [0.15, 0.2) is 6.10 Å². The highest BCUT2D eigenvalue weighted by Gasteiger charge is 2.72. The molecule has 1 fully saturated rings. The molecule has 0 saturated carbocycles. The summed E-state index contributed by atoms with van der Waals surface area (Å²) in [5.74, 6) is 0.249. The Hall–Kier alpha value is -5.51. The fraction of sp³-hybridized carbons (Fsp3) is 0.318. The summed E-state index contributed by atoms with van der Waals surface area (Å²) in [6.07, 6.45) is -2.84. The zero-order valence-corrected chi connectivity index (χ0v) is 34.2. The van der Waals surface area contributed by atoms with Crippen LogP contribution >= 0.6 is 8.53 Å². The number of methoxy groups -OCH3 is 2. The van der Waals surface area contributed by atoms with Crippen LogP contribution in [0.2, 0.25) is 0 Å². The SMILES string of the molecule is CCCCCCOC1=[N+]([C@@]2(O)[C@H](O)[C@@H](C(OP(N)O)C(c3ccccc3)(c3ccc(OC)cc3)c3ccc(OC)cc3)O[C@H]2n2ccc(=O)[nH]c2=O)C(=O)c2ccccc21. The number of nitrogens with one attached hydrogen (secondary N) is 1. The Labute approximate surface area is 347 Å². The third-order valence-corrected chi connectivity index (χ3v) is 11.6. The van der Waals surface area contributed by atoms with Crippen molar-refractivity contribution in [3.8, 4) is 11.5 Å². The van der Waals surface area contributed by atoms with Gasteiger partial charge in [0.25, 0.3) is 14.1 Å². The van der Waals surface area contributed by atoms with Gasteiger partial charge in [-0.2, -0.15) is 0 Å². The Morgan fingerprint density at radius 1 is 0.850 bits per heavy atom. The predicted octanol–water partition coefficient (Wildman–Crippen LogP) is 4.31. The van der Waals surface area contributed by atoms with Crippen LogP contribution in [0.5, 0.6) is 11.5 Å². The number of rotatable bonds is 16. The normalized spacial score (nSPS) is 21.1. The van der Waals surface area contributed by atoms with Gasteiger partial charge in [0.2, 0.25) is 6.23 Å². The summed E-state index contributed by atoms with van der Waals surface area (Å²) in [6, 6.07) is 30.8. The number of hydrogen-bond acceptors (Lipinski definition) is 12. The van der Waals surface area contributed by atoms with Gasteiger partial charge < -0.3 is 38.6 Å². The lowest BCUT2D eigenvalue weighted by atomic mass is 9.64. The Balaban J connectivity index is 1.52. The maximum absolute atomic E-state index is 14.7. The second-order valence-electron chi connectivity index (χ2n) is 14.6. The van der Waals surface area contributed by atoms with Crippen LogP contribution < -0.4 is 26.2 Å². The van der Waals surface area contributed by atoms with Crippen molar-refractivity contribution in [2.24, 2.45) is 5.50 Å². The molecule has 0 aliphatic carbocycles. The fourth-order valence-corrected chi connectivity index (χ4v) is 8.84. The summed E-state index contributed by atoms with van der Waals surface area (Å²) in [7, 11) is 0.294. The molecular weight excluding hydrogens is 791 g/mol. The van der Waals surface area contributed by atoms with Crippen LogP contribution in [-0.4, -0.2) is 85.9 Å². The third kappa shape index (κ3) is 7.58. The molecule has 0 bridgehead atoms. The quantitative estimate of drug-likeness (QED) is 0.0408. The Morgan fingerprint density at radius 2 is 1.43 bits per heavy atom. The van der Waals surface area contributed by atoms with Gasteiger partial charge in [0, 0.05) is 12.3 Å². The molecule has 2 aliphatic rings. The topological polar surface area (TPSA) is 208 Å². The van der Waals surface area contributed by atoms with Gasteiger partial charge in [0.05, 0.1) is 26.2 Å². The molecule has 7 rings (SSSR count). The molecule has 15 nitrogen and oxygen atoms in total. The monoisotopic (exact) mass is 839 g/mol. The average molecular weight is 840 g/mol. The number of fused-ring (bicyclic) bond motifs is 1. The highest BCUT2D eigenvalue weighted by atomic mass is 31.2. The van der Waals surface area contributed by atoms with E-state index in [9.17, 15) is 29.5 Å². The van der Waals surface area contributed by atoms with E-state index < -0.39 is 61.4 Å². The van der Waals surface area contributed by atoms with E-state index in [1.54, 1.807) is 72.8 Å². The molecule has 1 saturated heterocycles. The Kier molecular flexibility index (Phi) is 12.8. The largest absolute Gasteiger partial charge is 0.497 e. The van der Waals surface area contributed by atoms with Crippen LogP contribution in [0.4, 0.5) is 0 Å². The van der Waals surface area contributed by atoms with Gasteiger partial charge in [-0.05, 0) is 59.5 Å². The second kappa shape index (κ2) is 18.0. The van der Waals surface area contributed by atoms with Crippen LogP contribution in [0.15, 0.2) is 125 Å². The summed E-state index contributed by atoms with van der Waals surface area (Å²) >= 11 is 0. The van der Waals surface area contributed by atoms with Crippen LogP contribution in [-0.2, 0) is 19.4 Å². The van der Waals surface area contributed by atoms with E-state index in [1.165, 1.54) is 14.2 Å². The van der Waals surface area contributed by atoms with Crippen LogP contribution in [0.1, 0.15) is 71.4 Å². The third-order valence-electron chi connectivity index (χ3n) is 11.2. The van der Waals surface area contributed by atoms with Crippen LogP contribution in [0.3, 0.4) is 0 Å². The van der Waals surface area contributed by atoms with Gasteiger partial charge in [-0.25, -0.2) is 9.59 Å². The van der Waals surface area contributed by atoms with Crippen molar-refractivity contribution in [3.05, 3.63) is 164 Å². The molecule has 2 unspecified atom stereocenters. The molecule has 6 atom stereocenters. The Bertz CT molecular complexity index is 2390. The van der Waals surface area contributed by atoms with E-state index in [2.05, 4.69) is 11.9 Å². The second-order valence-corrected chi connectivity index (χ2v) is 15.4. The number of carbonyl (C=O) groups excluding carboxylic acids is 1. The van der Waals surface area contributed by atoms with Crippen molar-refractivity contribution in [1.82, 2.24) is 9.55 Å². The number of ether oxygens (including phenoxy) is 4. The van der Waals surface area contributed by atoms with E-state index in [0.717, 1.165) is 40.7 Å². The van der Waals surface area contributed by atoms with Crippen LogP contribution in [0, 0.1) is 0 Å². The minimum absolute atomic E-state index is 0.0688. The van der Waals surface area contributed by atoms with Gasteiger partial charge in [-0.15, -0.1) is 0 Å². The average Bonchev–Trinajstić information content (AvgIpc) is 3.69. The summed E-state index contributed by atoms with van der Waals surface area (Å²) in [4.78, 5) is 54.0. The van der Waals surface area contributed by atoms with Crippen molar-refractivity contribution in [2.45, 2.75) is 68.3 Å². The lowest BCUT2D eigenvalue weighted by Crippen LogP contribution is -2.61. The number of carbonyl (C=O) groups is 1. The van der Waals surface area contributed by atoms with E-state index in [0.29, 0.717) is 40.2 Å². The molecule has 1 aromatic heterocycles. The number of aliphatic hydroxyl groups excluding tert-OH is 1. The standard InChI is InChI=1S/C44H47N4O11P/c1-4-5-6-12-27-57-40-34-16-11-10-15-33(34)39(51)48(40)44(53)37(50)36(58-41(44)47-26-25-35(49)46-42(47)52)38(59-60(45)54)43(28-13-8-7-9-14-28,29-17-21-31(55-2)22-18-29)30-19-23-32(56-3)24-20-30/h7-11,13-26,36-38,41,50,53-54H,4-6,12,27,45H2,1-3H3/p+1/t36-,37+,38?,41+,44+,60?/m0/s1. The molecule has 16 heteroatoms. The maximum atomic E-state index is 14.7. The first-order valence-electron chi connectivity index (χ1n) is 19.6. The number of nitrogens with zero attached hydrogens (tertiary/aromatic N) is 2. The number of amides is 1. The van der Waals surface area contributed by atoms with Gasteiger partial charge in [-0.3, -0.25) is 19.8 Å². The number of unbranched alkanes of at least 4 members (excludes halogenated alkanes) is 3. The van der Waals surface area contributed by atoms with Gasteiger partial charge >= 0.3 is 23.2 Å². The summed E-state index contributed by atoms with van der Waals surface area (Å²) in [6.45, 7) is 2.24. The lowest BCUT2D eigenvalue weighted by Gasteiger charge is -2.45. The molecule has 314 valence electrons. The van der Waals surface area contributed by atoms with E-state index in [4.69, 9.17) is 29.0 Å². The number of H-pyrrole nitrogens is 1. The number of benzene rings is 4. The zero-order valence-electron chi connectivity index (χ0n) is 33.3. The summed E-state index contributed by atoms with van der Waals surface area (Å²) < 4.78 is 32.3. The van der Waals surface area contributed by atoms with Crippen molar-refractivity contribution in [1.29, 1.82) is 0 Å². The smallest absolute Gasteiger partial charge is 0.426 e. The molecular formula is C44H48N4O11P+. The number of nitrogens with two attached hydrogens (primary N) is 1. The Morgan fingerprint density at radius 3 is 2.00 bits per heavy atom. The number of aromatic amines is 1. The van der Waals surface area contributed by atoms with Gasteiger partial charge in [0.1, 0.15) is 34.8 Å². The number of aromatic nitrogens is 2. The fourth-order valence-electron chi connectivity index (χ4n) is 8.33. The highest BCUT2D eigenvalue weighted by molar-refractivity contribution is 7.43. The minimum atomic E-state index is -2.85. The molecule has 2 aliphatic heterocycles. The predicted molar refractivity (Wildman–Crippen MR) is 222 cm³/mol. The molecule has 0 spiro atoms. The molecule has 1 amide bonds. The molecule has 0 radical (unpaired) electrons. The van der Waals surface area contributed by atoms with Crippen LogP contribution in [0.25, 0.3) is 0 Å². The molecule has 5 aromatic rings. The molecule has 4 aromatic carbocycles. The maximum Gasteiger partial charge on any atom is 0.426 e. The first kappa shape index (κ1) is 42.6. The van der Waals surface area contributed by atoms with E-state index >= 15 is 0 Å².